The molecule has 0 fully saturated rings. The lowest BCUT2D eigenvalue weighted by atomic mass is 10.1. The summed E-state index contributed by atoms with van der Waals surface area (Å²) in [5.74, 6) is -0.741. The zero-order valence-electron chi connectivity index (χ0n) is 12.5. The Bertz CT molecular complexity index is 589. The second-order valence-electron chi connectivity index (χ2n) is 4.17. The largest absolute Gasteiger partial charge is 0.697 e. The highest BCUT2D eigenvalue weighted by atomic mass is 31.1. The van der Waals surface area contributed by atoms with Gasteiger partial charge in [-0.3, -0.25) is 4.79 Å². The first-order valence-electron chi connectivity index (χ1n) is 6.41. The first kappa shape index (κ1) is 19.5. The molecule has 0 aromatic heterocycles. The highest BCUT2D eigenvalue weighted by Gasteiger charge is 2.30. The summed E-state index contributed by atoms with van der Waals surface area (Å²) in [7, 11) is -3.12. The molecular weight excluding hydrogens is 346 g/mol. The smallest absolute Gasteiger partial charge is 0.459 e. The molecule has 0 aliphatic carbocycles. The minimum atomic E-state index is -2.42. The summed E-state index contributed by atoms with van der Waals surface area (Å²) in [6, 6.07) is 6.12. The third kappa shape index (κ3) is 7.03. The van der Waals surface area contributed by atoms with Crippen LogP contribution in [0.2, 0.25) is 0 Å². The average molecular weight is 362 g/mol. The van der Waals surface area contributed by atoms with E-state index in [-0.39, 0.29) is 24.3 Å². The van der Waals surface area contributed by atoms with Gasteiger partial charge in [0.25, 0.3) is 0 Å². The number of hydrogen-bond acceptors (Lipinski definition) is 8. The minimum absolute atomic E-state index is 0.0971. The van der Waals surface area contributed by atoms with Crippen LogP contribution in [0.4, 0.5) is 0 Å². The van der Waals surface area contributed by atoms with E-state index in [0.717, 1.165) is 0 Å². The van der Waals surface area contributed by atoms with Gasteiger partial charge in [-0.1, -0.05) is 18.2 Å². The van der Waals surface area contributed by atoms with Gasteiger partial charge >= 0.3 is 22.3 Å². The molecule has 8 nitrogen and oxygen atoms in total. The van der Waals surface area contributed by atoms with E-state index in [9.17, 15) is 18.7 Å². The fourth-order valence-electron chi connectivity index (χ4n) is 1.49. The zero-order chi connectivity index (χ0) is 17.2. The van der Waals surface area contributed by atoms with Crippen molar-refractivity contribution in [3.63, 3.8) is 0 Å². The predicted octanol–water partition coefficient (Wildman–Crippen LogP) is 2.73. The lowest BCUT2D eigenvalue weighted by molar-refractivity contribution is 0.0201. The molecule has 0 spiro atoms. The van der Waals surface area contributed by atoms with Gasteiger partial charge in [-0.25, -0.2) is 4.79 Å². The number of benzene rings is 1. The van der Waals surface area contributed by atoms with Crippen molar-refractivity contribution in [3.05, 3.63) is 35.4 Å². The van der Waals surface area contributed by atoms with Crippen LogP contribution in [0.25, 0.3) is 0 Å². The van der Waals surface area contributed by atoms with Crippen molar-refractivity contribution in [3.8, 4) is 0 Å². The molecule has 3 atom stereocenters. The first-order valence-corrected chi connectivity index (χ1v) is 9.13. The Morgan fingerprint density at radius 3 is 2.57 bits per heavy atom. The van der Waals surface area contributed by atoms with E-state index < -0.39 is 28.4 Å². The molecule has 0 N–H and O–H groups in total. The van der Waals surface area contributed by atoms with E-state index >= 15 is 0 Å². The van der Waals surface area contributed by atoms with Crippen molar-refractivity contribution >= 4 is 28.5 Å². The van der Waals surface area contributed by atoms with Gasteiger partial charge in [-0.05, 0) is 10.6 Å². The van der Waals surface area contributed by atoms with Crippen LogP contribution >= 0.6 is 16.3 Å². The highest BCUT2D eigenvalue weighted by molar-refractivity contribution is 7.38. The molecule has 0 saturated carbocycles. The second-order valence-corrected chi connectivity index (χ2v) is 6.33. The van der Waals surface area contributed by atoms with Crippen molar-refractivity contribution in [2.75, 3.05) is 27.0 Å². The van der Waals surface area contributed by atoms with Gasteiger partial charge in [0.15, 0.2) is 19.1 Å². The van der Waals surface area contributed by atoms with E-state index in [1.54, 1.807) is 12.1 Å². The van der Waals surface area contributed by atoms with Crippen molar-refractivity contribution in [2.24, 2.45) is 0 Å². The van der Waals surface area contributed by atoms with Crippen LogP contribution in [0.5, 0.6) is 0 Å². The summed E-state index contributed by atoms with van der Waals surface area (Å²) >= 11 is 0. The maximum atomic E-state index is 12.0. The SMILES string of the molecule is CO[P+](=O)OC(COC(=O)c1ccccc1C=O)CO[P+](C)=O. The fourth-order valence-corrected chi connectivity index (χ4v) is 2.32. The maximum absolute atomic E-state index is 12.0. The first-order chi connectivity index (χ1) is 11.0. The van der Waals surface area contributed by atoms with Crippen LogP contribution in [0.15, 0.2) is 24.3 Å². The molecule has 0 radical (unpaired) electrons. The van der Waals surface area contributed by atoms with Crippen molar-refractivity contribution in [2.45, 2.75) is 6.10 Å². The van der Waals surface area contributed by atoms with Crippen LogP contribution in [-0.2, 0) is 27.4 Å². The van der Waals surface area contributed by atoms with Crippen LogP contribution in [0, 0.1) is 0 Å². The normalized spacial score (nSPS) is 13.1. The van der Waals surface area contributed by atoms with Crippen LogP contribution in [0.1, 0.15) is 20.7 Å². The number of carbonyl (C=O) groups excluding carboxylic acids is 2. The molecule has 1 aromatic carbocycles. The Hall–Kier alpha value is -1.56. The van der Waals surface area contributed by atoms with Gasteiger partial charge in [0, 0.05) is 10.1 Å². The molecule has 0 bridgehead atoms. The molecule has 0 aliphatic heterocycles. The van der Waals surface area contributed by atoms with E-state index in [1.807, 2.05) is 0 Å². The molecule has 0 aliphatic rings. The molecule has 0 amide bonds. The summed E-state index contributed by atoms with van der Waals surface area (Å²) in [6.45, 7) is 0.841. The third-order valence-corrected chi connectivity index (χ3v) is 3.82. The van der Waals surface area contributed by atoms with Crippen LogP contribution in [-0.4, -0.2) is 45.3 Å². The number of hydrogen-bond donors (Lipinski definition) is 0. The average Bonchev–Trinajstić information content (AvgIpc) is 2.56. The van der Waals surface area contributed by atoms with Crippen molar-refractivity contribution in [1.29, 1.82) is 0 Å². The van der Waals surface area contributed by atoms with Gasteiger partial charge in [0.2, 0.25) is 0 Å². The summed E-state index contributed by atoms with van der Waals surface area (Å²) < 4.78 is 41.6. The monoisotopic (exact) mass is 362 g/mol. The Morgan fingerprint density at radius 2 is 1.96 bits per heavy atom. The Kier molecular flexibility index (Phi) is 8.69. The molecule has 0 saturated heterocycles. The minimum Gasteiger partial charge on any atom is -0.459 e. The summed E-state index contributed by atoms with van der Waals surface area (Å²) in [5, 5.41) is 0. The number of rotatable bonds is 10. The van der Waals surface area contributed by atoms with Gasteiger partial charge in [-0.2, -0.15) is 0 Å². The Morgan fingerprint density at radius 1 is 1.26 bits per heavy atom. The molecule has 10 heteroatoms. The lowest BCUT2D eigenvalue weighted by Gasteiger charge is -2.09. The predicted molar refractivity (Wildman–Crippen MR) is 81.1 cm³/mol. The molecule has 124 valence electrons. The van der Waals surface area contributed by atoms with E-state index in [4.69, 9.17) is 13.8 Å². The molecular formula is C13H16O8P2+2. The third-order valence-electron chi connectivity index (χ3n) is 2.53. The van der Waals surface area contributed by atoms with E-state index in [1.165, 1.54) is 25.9 Å². The summed E-state index contributed by atoms with van der Waals surface area (Å²) in [6.07, 6.45) is -0.387. The second kappa shape index (κ2) is 10.3. The lowest BCUT2D eigenvalue weighted by Crippen LogP contribution is -2.25. The van der Waals surface area contributed by atoms with E-state index in [2.05, 4.69) is 4.52 Å². The van der Waals surface area contributed by atoms with Gasteiger partial charge in [0.1, 0.15) is 13.2 Å². The standard InChI is InChI=1S/C13H16O8P2/c1-18-23(17)21-11(9-20-22(2)16)8-19-13(15)12-6-4-3-5-10(12)7-14/h3-7,11H,8-9H2,1-2H3/q+2. The quantitative estimate of drug-likeness (QED) is 0.355. The molecule has 0 heterocycles. The molecule has 1 aromatic rings. The van der Waals surface area contributed by atoms with Crippen molar-refractivity contribution in [1.82, 2.24) is 0 Å². The number of ether oxygens (including phenoxy) is 1. The number of carbonyl (C=O) groups is 2. The number of esters is 1. The van der Waals surface area contributed by atoms with E-state index in [0.29, 0.717) is 6.29 Å². The molecule has 23 heavy (non-hydrogen) atoms. The fraction of sp³-hybridized carbons (Fsp3) is 0.385. The Labute approximate surface area is 134 Å². The highest BCUT2D eigenvalue weighted by Crippen LogP contribution is 2.26. The molecule has 1 rings (SSSR count). The van der Waals surface area contributed by atoms with Gasteiger partial charge < -0.3 is 4.74 Å². The summed E-state index contributed by atoms with van der Waals surface area (Å²) in [4.78, 5) is 22.9. The van der Waals surface area contributed by atoms with Gasteiger partial charge in [-0.15, -0.1) is 13.6 Å². The maximum Gasteiger partial charge on any atom is 0.697 e. The van der Waals surface area contributed by atoms with Crippen molar-refractivity contribution < 1.29 is 37.0 Å². The summed E-state index contributed by atoms with van der Waals surface area (Å²) in [5.41, 5.74) is 0.283. The van der Waals surface area contributed by atoms with Gasteiger partial charge in [0.05, 0.1) is 12.7 Å². The van der Waals surface area contributed by atoms with Crippen LogP contribution in [0.3, 0.4) is 0 Å². The topological polar surface area (TPSA) is 105 Å². The zero-order valence-corrected chi connectivity index (χ0v) is 14.3. The number of aldehydes is 1. The Balaban J connectivity index is 2.68. The van der Waals surface area contributed by atoms with Crippen LogP contribution < -0.4 is 0 Å². The molecule has 3 unspecified atom stereocenters.